The average molecular weight is 481 g/mol. The molecule has 1 fully saturated rings. The average Bonchev–Trinajstić information content (AvgIpc) is 3.14. The number of ketones is 1. The van der Waals surface area contributed by atoms with Gasteiger partial charge in [-0.1, -0.05) is 25.0 Å². The predicted molar refractivity (Wildman–Crippen MR) is 128 cm³/mol. The van der Waals surface area contributed by atoms with Crippen LogP contribution in [0.4, 0.5) is 5.69 Å². The van der Waals surface area contributed by atoms with Gasteiger partial charge >= 0.3 is 0 Å². The summed E-state index contributed by atoms with van der Waals surface area (Å²) >= 11 is 0. The van der Waals surface area contributed by atoms with Crippen molar-refractivity contribution in [3.8, 4) is 11.3 Å². The van der Waals surface area contributed by atoms with Gasteiger partial charge in [0.1, 0.15) is 11.5 Å². The molecule has 8 nitrogen and oxygen atoms in total. The molecular weight excluding hydrogens is 456 g/mol. The number of non-ortho nitro benzene ring substituents is 1. The minimum absolute atomic E-state index is 0.0394. The van der Waals surface area contributed by atoms with E-state index in [-0.39, 0.29) is 16.4 Å². The molecular formula is C25H24N2O6S. The third kappa shape index (κ3) is 5.32. The van der Waals surface area contributed by atoms with Crippen LogP contribution >= 0.6 is 0 Å². The van der Waals surface area contributed by atoms with E-state index in [1.165, 1.54) is 52.9 Å². The Labute approximate surface area is 197 Å². The molecule has 2 heterocycles. The zero-order valence-corrected chi connectivity index (χ0v) is 19.2. The van der Waals surface area contributed by atoms with Crippen molar-refractivity contribution < 1.29 is 22.6 Å². The highest BCUT2D eigenvalue weighted by atomic mass is 32.2. The van der Waals surface area contributed by atoms with Crippen molar-refractivity contribution in [3.63, 3.8) is 0 Å². The van der Waals surface area contributed by atoms with Crippen LogP contribution in [0.2, 0.25) is 0 Å². The Morgan fingerprint density at radius 2 is 1.68 bits per heavy atom. The van der Waals surface area contributed by atoms with Gasteiger partial charge in [-0.2, -0.15) is 4.31 Å². The van der Waals surface area contributed by atoms with Crippen LogP contribution in [-0.2, 0) is 10.0 Å². The summed E-state index contributed by atoms with van der Waals surface area (Å²) in [5, 5.41) is 11.0. The van der Waals surface area contributed by atoms with E-state index in [9.17, 15) is 23.3 Å². The molecule has 0 bridgehead atoms. The smallest absolute Gasteiger partial charge is 0.270 e. The number of hydrogen-bond acceptors (Lipinski definition) is 6. The highest BCUT2D eigenvalue weighted by molar-refractivity contribution is 7.89. The van der Waals surface area contributed by atoms with Gasteiger partial charge in [0.15, 0.2) is 5.78 Å². The summed E-state index contributed by atoms with van der Waals surface area (Å²) in [6.07, 6.45) is 6.63. The molecule has 0 N–H and O–H groups in total. The van der Waals surface area contributed by atoms with E-state index in [2.05, 4.69) is 0 Å². The van der Waals surface area contributed by atoms with Crippen molar-refractivity contribution in [2.24, 2.45) is 0 Å². The van der Waals surface area contributed by atoms with Crippen molar-refractivity contribution in [1.82, 2.24) is 4.31 Å². The third-order valence-corrected chi connectivity index (χ3v) is 7.62. The maximum atomic E-state index is 12.9. The van der Waals surface area contributed by atoms with Gasteiger partial charge in [-0.25, -0.2) is 8.42 Å². The summed E-state index contributed by atoms with van der Waals surface area (Å²) in [4.78, 5) is 23.2. The zero-order valence-electron chi connectivity index (χ0n) is 18.4. The minimum atomic E-state index is -3.57. The summed E-state index contributed by atoms with van der Waals surface area (Å²) < 4.78 is 33.0. The van der Waals surface area contributed by atoms with Crippen LogP contribution in [0.5, 0.6) is 0 Å². The molecule has 4 rings (SSSR count). The first kappa shape index (κ1) is 23.6. The van der Waals surface area contributed by atoms with Crippen molar-refractivity contribution in [3.05, 3.63) is 88.2 Å². The van der Waals surface area contributed by atoms with Crippen molar-refractivity contribution >= 4 is 27.6 Å². The number of allylic oxidation sites excluding steroid dienone is 1. The Morgan fingerprint density at radius 3 is 2.35 bits per heavy atom. The number of carbonyl (C=O) groups excluding carboxylic acids is 1. The van der Waals surface area contributed by atoms with Crippen LogP contribution in [-0.4, -0.2) is 36.5 Å². The van der Waals surface area contributed by atoms with Gasteiger partial charge in [-0.05, 0) is 61.4 Å². The molecule has 176 valence electrons. The molecule has 1 aliphatic heterocycles. The van der Waals surface area contributed by atoms with E-state index in [1.54, 1.807) is 24.3 Å². The quantitative estimate of drug-likeness (QED) is 0.196. The minimum Gasteiger partial charge on any atom is -0.457 e. The van der Waals surface area contributed by atoms with Crippen LogP contribution in [0.15, 0.2) is 76.1 Å². The maximum absolute atomic E-state index is 12.9. The lowest BCUT2D eigenvalue weighted by Gasteiger charge is -2.19. The number of nitro benzene ring substituents is 1. The normalized spacial score (nSPS) is 15.3. The van der Waals surface area contributed by atoms with Gasteiger partial charge < -0.3 is 4.42 Å². The molecule has 0 radical (unpaired) electrons. The summed E-state index contributed by atoms with van der Waals surface area (Å²) in [5.41, 5.74) is 0.875. The summed E-state index contributed by atoms with van der Waals surface area (Å²) in [5.74, 6) is 0.557. The number of hydrogen-bond donors (Lipinski definition) is 0. The highest BCUT2D eigenvalue weighted by Crippen LogP contribution is 2.26. The highest BCUT2D eigenvalue weighted by Gasteiger charge is 2.25. The fraction of sp³-hybridized carbons (Fsp3) is 0.240. The third-order valence-electron chi connectivity index (χ3n) is 5.71. The Balaban J connectivity index is 1.45. The molecule has 0 amide bonds. The van der Waals surface area contributed by atoms with E-state index >= 15 is 0 Å². The summed E-state index contributed by atoms with van der Waals surface area (Å²) in [7, 11) is -3.57. The lowest BCUT2D eigenvalue weighted by atomic mass is 10.1. The predicted octanol–water partition coefficient (Wildman–Crippen LogP) is 5.32. The second-order valence-corrected chi connectivity index (χ2v) is 9.99. The number of benzene rings is 2. The number of nitro groups is 1. The molecule has 1 aromatic heterocycles. The Kier molecular flexibility index (Phi) is 7.04. The van der Waals surface area contributed by atoms with Crippen LogP contribution in [0.1, 0.15) is 41.8 Å². The number of furan rings is 1. The lowest BCUT2D eigenvalue weighted by molar-refractivity contribution is -0.384. The summed E-state index contributed by atoms with van der Waals surface area (Å²) in [6.45, 7) is 1.04. The van der Waals surface area contributed by atoms with Crippen molar-refractivity contribution in [1.29, 1.82) is 0 Å². The molecule has 0 unspecified atom stereocenters. The second-order valence-electron chi connectivity index (χ2n) is 8.05. The van der Waals surface area contributed by atoms with E-state index in [0.717, 1.165) is 25.7 Å². The van der Waals surface area contributed by atoms with Gasteiger partial charge in [0.2, 0.25) is 10.0 Å². The largest absolute Gasteiger partial charge is 0.457 e. The van der Waals surface area contributed by atoms with Gasteiger partial charge in [0.25, 0.3) is 5.69 Å². The first-order valence-corrected chi connectivity index (χ1v) is 12.5. The maximum Gasteiger partial charge on any atom is 0.270 e. The molecule has 3 aromatic rings. The Morgan fingerprint density at radius 1 is 0.971 bits per heavy atom. The van der Waals surface area contributed by atoms with Gasteiger partial charge in [-0.3, -0.25) is 14.9 Å². The molecule has 0 aliphatic carbocycles. The molecule has 0 atom stereocenters. The Hall–Kier alpha value is -3.56. The number of nitrogens with zero attached hydrogens (tertiary/aromatic N) is 2. The molecule has 1 aliphatic rings. The Bertz CT molecular complexity index is 1320. The van der Waals surface area contributed by atoms with Crippen LogP contribution < -0.4 is 0 Å². The van der Waals surface area contributed by atoms with Gasteiger partial charge in [0, 0.05) is 36.3 Å². The zero-order chi connectivity index (χ0) is 24.1. The summed E-state index contributed by atoms with van der Waals surface area (Å²) in [6, 6.07) is 15.4. The number of sulfonamides is 1. The lowest BCUT2D eigenvalue weighted by Crippen LogP contribution is -2.31. The molecule has 0 spiro atoms. The molecule has 0 saturated carbocycles. The fourth-order valence-electron chi connectivity index (χ4n) is 3.85. The van der Waals surface area contributed by atoms with Gasteiger partial charge in [0.05, 0.1) is 9.82 Å². The SMILES string of the molecule is O=C(C=Cc1ccc(-c2cccc([N+](=O)[O-])c2)o1)c1ccc(S(=O)(=O)N2CCCCCC2)cc1. The second kappa shape index (κ2) is 10.1. The number of carbonyl (C=O) groups is 1. The molecule has 34 heavy (non-hydrogen) atoms. The van der Waals surface area contributed by atoms with E-state index in [1.807, 2.05) is 0 Å². The first-order chi connectivity index (χ1) is 16.3. The topological polar surface area (TPSA) is 111 Å². The number of rotatable bonds is 7. The first-order valence-electron chi connectivity index (χ1n) is 11.0. The molecule has 1 saturated heterocycles. The van der Waals surface area contributed by atoms with Crippen molar-refractivity contribution in [2.45, 2.75) is 30.6 Å². The van der Waals surface area contributed by atoms with Gasteiger partial charge in [-0.15, -0.1) is 0 Å². The van der Waals surface area contributed by atoms with Crippen LogP contribution in [0, 0.1) is 10.1 Å². The standard InChI is InChI=1S/C25H24N2O6S/c28-24(14-10-22-11-15-25(33-22)20-6-5-7-21(18-20)27(29)30)19-8-12-23(13-9-19)34(31,32)26-16-3-1-2-4-17-26/h5-15,18H,1-4,16-17H2. The molecule has 2 aromatic carbocycles. The van der Waals surface area contributed by atoms with E-state index < -0.39 is 14.9 Å². The van der Waals surface area contributed by atoms with E-state index in [4.69, 9.17) is 4.42 Å². The van der Waals surface area contributed by atoms with Crippen LogP contribution in [0.3, 0.4) is 0 Å². The monoisotopic (exact) mass is 480 g/mol. The van der Waals surface area contributed by atoms with E-state index in [0.29, 0.717) is 35.7 Å². The van der Waals surface area contributed by atoms with Crippen LogP contribution in [0.25, 0.3) is 17.4 Å². The van der Waals surface area contributed by atoms with Crippen molar-refractivity contribution in [2.75, 3.05) is 13.1 Å². The fourth-order valence-corrected chi connectivity index (χ4v) is 5.36. The molecule has 9 heteroatoms.